The number of piperazine rings is 1. The Morgan fingerprint density at radius 1 is 1.07 bits per heavy atom. The molecule has 1 aliphatic carbocycles. The number of carbonyl (C=O) groups excluding carboxylic acids is 1. The third kappa shape index (κ3) is 4.36. The Kier molecular flexibility index (Phi) is 5.79. The number of fused-ring (bicyclic) bond motifs is 1. The SMILES string of the molecule is COc1ccc(CCN2CCN(C(=O)c3cc4c(s3)CCCC4)CC2)cc1. The molecule has 0 atom stereocenters. The summed E-state index contributed by atoms with van der Waals surface area (Å²) in [6, 6.07) is 10.5. The molecule has 2 aliphatic rings. The largest absolute Gasteiger partial charge is 0.497 e. The molecule has 0 bridgehead atoms. The van der Waals surface area contributed by atoms with E-state index in [1.807, 2.05) is 17.0 Å². The molecule has 0 saturated carbocycles. The van der Waals surface area contributed by atoms with Crippen LogP contribution in [-0.2, 0) is 19.3 Å². The highest BCUT2D eigenvalue weighted by Crippen LogP contribution is 2.30. The van der Waals surface area contributed by atoms with E-state index < -0.39 is 0 Å². The third-order valence-corrected chi connectivity index (χ3v) is 6.97. The highest BCUT2D eigenvalue weighted by molar-refractivity contribution is 7.14. The van der Waals surface area contributed by atoms with E-state index in [2.05, 4.69) is 23.1 Å². The molecule has 1 aromatic carbocycles. The van der Waals surface area contributed by atoms with Gasteiger partial charge in [-0.25, -0.2) is 0 Å². The lowest BCUT2D eigenvalue weighted by molar-refractivity contribution is 0.0643. The molecule has 144 valence electrons. The zero-order chi connectivity index (χ0) is 18.6. The fourth-order valence-corrected chi connectivity index (χ4v) is 5.23. The second-order valence-corrected chi connectivity index (χ2v) is 8.63. The van der Waals surface area contributed by atoms with Crippen LogP contribution >= 0.6 is 11.3 Å². The number of hydrogen-bond acceptors (Lipinski definition) is 4. The molecular formula is C22H28N2O2S. The second-order valence-electron chi connectivity index (χ2n) is 7.50. The van der Waals surface area contributed by atoms with Gasteiger partial charge in [0, 0.05) is 37.6 Å². The second kappa shape index (κ2) is 8.44. The van der Waals surface area contributed by atoms with E-state index in [1.54, 1.807) is 18.4 Å². The fourth-order valence-electron chi connectivity index (χ4n) is 4.01. The van der Waals surface area contributed by atoms with Crippen molar-refractivity contribution in [2.45, 2.75) is 32.1 Å². The molecule has 0 radical (unpaired) electrons. The molecule has 27 heavy (non-hydrogen) atoms. The number of nitrogens with zero attached hydrogens (tertiary/aromatic N) is 2. The standard InChI is InChI=1S/C22H28N2O2S/c1-26-19-8-6-17(7-9-19)10-11-23-12-14-24(15-13-23)22(25)21-16-18-4-2-3-5-20(18)27-21/h6-9,16H,2-5,10-15H2,1H3. The van der Waals surface area contributed by atoms with Crippen LogP contribution in [0.3, 0.4) is 0 Å². The van der Waals surface area contributed by atoms with E-state index in [-0.39, 0.29) is 5.91 Å². The molecule has 0 spiro atoms. The minimum atomic E-state index is 0.240. The molecular weight excluding hydrogens is 356 g/mol. The van der Waals surface area contributed by atoms with Crippen LogP contribution in [0.2, 0.25) is 0 Å². The summed E-state index contributed by atoms with van der Waals surface area (Å²) in [5.41, 5.74) is 2.76. The summed E-state index contributed by atoms with van der Waals surface area (Å²) in [5, 5.41) is 0. The van der Waals surface area contributed by atoms with Gasteiger partial charge in [-0.15, -0.1) is 11.3 Å². The van der Waals surface area contributed by atoms with Crippen LogP contribution in [0.5, 0.6) is 5.75 Å². The van der Waals surface area contributed by atoms with Crippen molar-refractivity contribution >= 4 is 17.2 Å². The van der Waals surface area contributed by atoms with Gasteiger partial charge in [0.05, 0.1) is 12.0 Å². The molecule has 1 aliphatic heterocycles. The molecule has 1 amide bonds. The lowest BCUT2D eigenvalue weighted by Crippen LogP contribution is -2.49. The topological polar surface area (TPSA) is 32.8 Å². The Labute approximate surface area is 165 Å². The zero-order valence-corrected chi connectivity index (χ0v) is 16.9. The number of hydrogen-bond donors (Lipinski definition) is 0. The van der Waals surface area contributed by atoms with Gasteiger partial charge in [0.15, 0.2) is 0 Å². The molecule has 0 N–H and O–H groups in total. The molecule has 4 rings (SSSR count). The Balaban J connectivity index is 1.26. The normalized spacial score (nSPS) is 17.6. The van der Waals surface area contributed by atoms with E-state index in [4.69, 9.17) is 4.74 Å². The van der Waals surface area contributed by atoms with Gasteiger partial charge >= 0.3 is 0 Å². The Hall–Kier alpha value is -1.85. The van der Waals surface area contributed by atoms with E-state index in [0.29, 0.717) is 0 Å². The predicted octanol–water partition coefficient (Wildman–Crippen LogP) is 3.64. The molecule has 1 saturated heterocycles. The summed E-state index contributed by atoms with van der Waals surface area (Å²) in [6.45, 7) is 4.65. The van der Waals surface area contributed by atoms with E-state index in [1.165, 1.54) is 28.8 Å². The van der Waals surface area contributed by atoms with E-state index in [9.17, 15) is 4.79 Å². The highest BCUT2D eigenvalue weighted by atomic mass is 32.1. The van der Waals surface area contributed by atoms with Gasteiger partial charge in [-0.2, -0.15) is 0 Å². The first-order valence-corrected chi connectivity index (χ1v) is 10.8. The maximum Gasteiger partial charge on any atom is 0.264 e. The monoisotopic (exact) mass is 384 g/mol. The first kappa shape index (κ1) is 18.5. The average Bonchev–Trinajstić information content (AvgIpc) is 3.17. The van der Waals surface area contributed by atoms with Gasteiger partial charge in [-0.3, -0.25) is 9.69 Å². The Morgan fingerprint density at radius 2 is 1.81 bits per heavy atom. The van der Waals surface area contributed by atoms with Gasteiger partial charge in [-0.1, -0.05) is 12.1 Å². The summed E-state index contributed by atoms with van der Waals surface area (Å²) >= 11 is 1.73. The number of methoxy groups -OCH3 is 1. The first-order valence-electron chi connectivity index (χ1n) is 9.99. The summed E-state index contributed by atoms with van der Waals surface area (Å²) in [5.74, 6) is 1.14. The highest BCUT2D eigenvalue weighted by Gasteiger charge is 2.25. The maximum atomic E-state index is 12.9. The minimum Gasteiger partial charge on any atom is -0.497 e. The number of carbonyl (C=O) groups is 1. The lowest BCUT2D eigenvalue weighted by atomic mass is 9.99. The Bertz CT molecular complexity index is 753. The number of ether oxygens (including phenoxy) is 1. The number of rotatable bonds is 5. The molecule has 2 heterocycles. The van der Waals surface area contributed by atoms with Gasteiger partial charge < -0.3 is 9.64 Å². The van der Waals surface area contributed by atoms with Crippen molar-refractivity contribution in [3.8, 4) is 5.75 Å². The molecule has 5 heteroatoms. The van der Waals surface area contributed by atoms with Gasteiger partial charge in [0.1, 0.15) is 5.75 Å². The predicted molar refractivity (Wildman–Crippen MR) is 110 cm³/mol. The fraction of sp³-hybridized carbons (Fsp3) is 0.500. The summed E-state index contributed by atoms with van der Waals surface area (Å²) in [7, 11) is 1.70. The molecule has 0 unspecified atom stereocenters. The molecule has 1 fully saturated rings. The van der Waals surface area contributed by atoms with Crippen molar-refractivity contribution in [1.29, 1.82) is 0 Å². The smallest absolute Gasteiger partial charge is 0.264 e. The van der Waals surface area contributed by atoms with Gasteiger partial charge in [0.25, 0.3) is 5.91 Å². The first-order chi connectivity index (χ1) is 13.2. The van der Waals surface area contributed by atoms with Crippen molar-refractivity contribution in [3.05, 3.63) is 51.2 Å². The molecule has 4 nitrogen and oxygen atoms in total. The summed E-state index contributed by atoms with van der Waals surface area (Å²) in [4.78, 5) is 19.8. The summed E-state index contributed by atoms with van der Waals surface area (Å²) < 4.78 is 5.21. The third-order valence-electron chi connectivity index (χ3n) is 5.74. The molecule has 1 aromatic heterocycles. The van der Waals surface area contributed by atoms with Gasteiger partial charge in [0.2, 0.25) is 0 Å². The maximum absolute atomic E-state index is 12.9. The van der Waals surface area contributed by atoms with Crippen molar-refractivity contribution in [1.82, 2.24) is 9.80 Å². The van der Waals surface area contributed by atoms with E-state index in [0.717, 1.165) is 62.6 Å². The number of thiophene rings is 1. The number of benzene rings is 1. The van der Waals surface area contributed by atoms with Crippen molar-refractivity contribution < 1.29 is 9.53 Å². The van der Waals surface area contributed by atoms with Crippen LogP contribution in [0.25, 0.3) is 0 Å². The number of aryl methyl sites for hydroxylation is 2. The summed E-state index contributed by atoms with van der Waals surface area (Å²) in [6.07, 6.45) is 5.89. The number of amides is 1. The van der Waals surface area contributed by atoms with Crippen LogP contribution < -0.4 is 4.74 Å². The van der Waals surface area contributed by atoms with Crippen LogP contribution in [0.1, 0.15) is 38.5 Å². The van der Waals surface area contributed by atoms with Crippen LogP contribution in [0.15, 0.2) is 30.3 Å². The average molecular weight is 385 g/mol. The van der Waals surface area contributed by atoms with E-state index >= 15 is 0 Å². The van der Waals surface area contributed by atoms with Crippen LogP contribution in [0.4, 0.5) is 0 Å². The lowest BCUT2D eigenvalue weighted by Gasteiger charge is -2.34. The Morgan fingerprint density at radius 3 is 2.52 bits per heavy atom. The van der Waals surface area contributed by atoms with Crippen molar-refractivity contribution in [2.75, 3.05) is 39.8 Å². The van der Waals surface area contributed by atoms with Crippen molar-refractivity contribution in [2.24, 2.45) is 0 Å². The van der Waals surface area contributed by atoms with Crippen LogP contribution in [0, 0.1) is 0 Å². The quantitative estimate of drug-likeness (QED) is 0.789. The van der Waals surface area contributed by atoms with Gasteiger partial charge in [-0.05, 0) is 61.4 Å². The zero-order valence-electron chi connectivity index (χ0n) is 16.1. The van der Waals surface area contributed by atoms with Crippen LogP contribution in [-0.4, -0.2) is 55.5 Å². The van der Waals surface area contributed by atoms with Crippen molar-refractivity contribution in [3.63, 3.8) is 0 Å². The molecule has 2 aromatic rings. The minimum absolute atomic E-state index is 0.240.